The maximum Gasteiger partial charge on any atom is 0.166 e. The minimum Gasteiger partial charge on any atom is -0.336 e. The first-order chi connectivity index (χ1) is 7.66. The third kappa shape index (κ3) is 1.28. The van der Waals surface area contributed by atoms with E-state index in [-0.39, 0.29) is 11.6 Å². The van der Waals surface area contributed by atoms with Crippen LogP contribution in [0.2, 0.25) is 0 Å². The molecule has 0 spiro atoms. The summed E-state index contributed by atoms with van der Waals surface area (Å²) in [5.41, 5.74) is 1.79. The highest BCUT2D eigenvalue weighted by Gasteiger charge is 2.26. The van der Waals surface area contributed by atoms with Crippen molar-refractivity contribution in [1.29, 1.82) is 0 Å². The van der Waals surface area contributed by atoms with Crippen molar-refractivity contribution in [3.63, 3.8) is 0 Å². The van der Waals surface area contributed by atoms with Crippen LogP contribution in [0.15, 0.2) is 12.1 Å². The molecule has 0 bridgehead atoms. The summed E-state index contributed by atoms with van der Waals surface area (Å²) < 4.78 is 1.57. The number of aromatic nitrogens is 1. The molecule has 0 fully saturated rings. The Bertz CT molecular complexity index is 681. The monoisotopic (exact) mass is 249 g/mol. The quantitative estimate of drug-likeness (QED) is 0.730. The van der Waals surface area contributed by atoms with Crippen LogP contribution in [-0.4, -0.2) is 16.6 Å². The second-order valence-corrected chi connectivity index (χ2v) is 5.44. The molecule has 2 aromatic rings. The largest absolute Gasteiger partial charge is 0.336 e. The van der Waals surface area contributed by atoms with E-state index in [1.165, 1.54) is 11.3 Å². The molecular weight excluding hydrogens is 242 g/mol. The Balaban J connectivity index is 2.48. The Hall–Kier alpha value is -1.33. The molecule has 1 aromatic heterocycles. The fourth-order valence-corrected chi connectivity index (χ4v) is 3.14. The fourth-order valence-electron chi connectivity index (χ4n) is 2.03. The Kier molecular flexibility index (Phi) is 2.05. The lowest BCUT2D eigenvalue weighted by Gasteiger charge is -2.13. The van der Waals surface area contributed by atoms with Crippen molar-refractivity contribution in [2.24, 2.45) is 0 Å². The van der Waals surface area contributed by atoms with Crippen molar-refractivity contribution in [3.05, 3.63) is 27.2 Å². The minimum absolute atomic E-state index is 0.0317. The SMILES string of the molecule is O=C1CCC(=O)c2c1ccc1sc(=S)[nH]c21. The zero-order chi connectivity index (χ0) is 11.3. The van der Waals surface area contributed by atoms with Gasteiger partial charge in [-0.05, 0) is 24.4 Å². The summed E-state index contributed by atoms with van der Waals surface area (Å²) in [4.78, 5) is 26.5. The summed E-state index contributed by atoms with van der Waals surface area (Å²) in [6.07, 6.45) is 0.629. The molecule has 0 atom stereocenters. The van der Waals surface area contributed by atoms with Crippen LogP contribution >= 0.6 is 23.6 Å². The molecule has 1 N–H and O–H groups in total. The average Bonchev–Trinajstić information content (AvgIpc) is 2.63. The summed E-state index contributed by atoms with van der Waals surface area (Å²) in [5.74, 6) is 0.0752. The van der Waals surface area contributed by atoms with Gasteiger partial charge in [-0.3, -0.25) is 9.59 Å². The Morgan fingerprint density at radius 3 is 2.75 bits per heavy atom. The Morgan fingerprint density at radius 1 is 1.19 bits per heavy atom. The van der Waals surface area contributed by atoms with Crippen LogP contribution in [0.4, 0.5) is 0 Å². The van der Waals surface area contributed by atoms with Gasteiger partial charge in [0.15, 0.2) is 15.5 Å². The van der Waals surface area contributed by atoms with Crippen LogP contribution in [0.5, 0.6) is 0 Å². The number of hydrogen-bond acceptors (Lipinski definition) is 4. The van der Waals surface area contributed by atoms with Gasteiger partial charge in [0.1, 0.15) is 0 Å². The summed E-state index contributed by atoms with van der Waals surface area (Å²) in [7, 11) is 0. The molecule has 80 valence electrons. The number of benzene rings is 1. The molecule has 0 aliphatic heterocycles. The third-order valence-corrected chi connectivity index (χ3v) is 3.95. The number of nitrogens with one attached hydrogen (secondary N) is 1. The minimum atomic E-state index is 0.0317. The van der Waals surface area contributed by atoms with Gasteiger partial charge < -0.3 is 4.98 Å². The second kappa shape index (κ2) is 3.33. The lowest BCUT2D eigenvalue weighted by Crippen LogP contribution is -2.17. The highest BCUT2D eigenvalue weighted by molar-refractivity contribution is 7.73. The van der Waals surface area contributed by atoms with Crippen molar-refractivity contribution in [2.45, 2.75) is 12.8 Å². The summed E-state index contributed by atoms with van der Waals surface area (Å²) in [6, 6.07) is 3.58. The summed E-state index contributed by atoms with van der Waals surface area (Å²) in [6.45, 7) is 0. The molecule has 3 rings (SSSR count). The smallest absolute Gasteiger partial charge is 0.166 e. The molecule has 1 aliphatic carbocycles. The molecular formula is C11H7NO2S2. The highest BCUT2D eigenvalue weighted by Crippen LogP contribution is 2.30. The van der Waals surface area contributed by atoms with E-state index >= 15 is 0 Å². The van der Waals surface area contributed by atoms with Crippen molar-refractivity contribution in [3.8, 4) is 0 Å². The second-order valence-electron chi connectivity index (χ2n) is 3.72. The number of carbonyl (C=O) groups is 2. The van der Waals surface area contributed by atoms with E-state index < -0.39 is 0 Å². The van der Waals surface area contributed by atoms with Crippen LogP contribution in [0.1, 0.15) is 33.6 Å². The van der Waals surface area contributed by atoms with E-state index in [1.807, 2.05) is 6.07 Å². The van der Waals surface area contributed by atoms with Crippen LogP contribution in [0, 0.1) is 3.95 Å². The zero-order valence-electron chi connectivity index (χ0n) is 8.20. The van der Waals surface area contributed by atoms with Gasteiger partial charge in [-0.2, -0.15) is 0 Å². The van der Waals surface area contributed by atoms with Crippen LogP contribution < -0.4 is 0 Å². The van der Waals surface area contributed by atoms with Gasteiger partial charge in [0.05, 0.1) is 15.8 Å². The van der Waals surface area contributed by atoms with Gasteiger partial charge in [0, 0.05) is 18.4 Å². The third-order valence-electron chi connectivity index (χ3n) is 2.76. The first kappa shape index (κ1) is 9.86. The number of ketones is 2. The number of Topliss-reactive ketones (excluding diaryl/α,β-unsaturated/α-hetero) is 2. The molecule has 0 saturated carbocycles. The molecule has 16 heavy (non-hydrogen) atoms. The topological polar surface area (TPSA) is 49.9 Å². The zero-order valence-corrected chi connectivity index (χ0v) is 9.83. The number of H-pyrrole nitrogens is 1. The maximum absolute atomic E-state index is 11.9. The summed E-state index contributed by atoms with van der Waals surface area (Å²) in [5, 5.41) is 0. The van der Waals surface area contributed by atoms with E-state index in [4.69, 9.17) is 12.2 Å². The Morgan fingerprint density at radius 2 is 1.94 bits per heavy atom. The lowest BCUT2D eigenvalue weighted by atomic mass is 9.89. The van der Waals surface area contributed by atoms with Gasteiger partial charge in [0.2, 0.25) is 0 Å². The average molecular weight is 249 g/mol. The number of hydrogen-bond donors (Lipinski definition) is 1. The molecule has 1 aliphatic rings. The van der Waals surface area contributed by atoms with Gasteiger partial charge in [-0.25, -0.2) is 0 Å². The van der Waals surface area contributed by atoms with Gasteiger partial charge >= 0.3 is 0 Å². The van der Waals surface area contributed by atoms with Crippen LogP contribution in [0.3, 0.4) is 0 Å². The van der Waals surface area contributed by atoms with Gasteiger partial charge in [0.25, 0.3) is 0 Å². The number of aromatic amines is 1. The van der Waals surface area contributed by atoms with E-state index in [0.29, 0.717) is 27.9 Å². The molecule has 3 nitrogen and oxygen atoms in total. The number of rotatable bonds is 0. The predicted octanol–water partition coefficient (Wildman–Crippen LogP) is 3.12. The summed E-state index contributed by atoms with van der Waals surface area (Å²) >= 11 is 6.48. The molecule has 0 saturated heterocycles. The van der Waals surface area contributed by atoms with E-state index in [9.17, 15) is 9.59 Å². The first-order valence-corrected chi connectivity index (χ1v) is 6.11. The van der Waals surface area contributed by atoms with E-state index in [2.05, 4.69) is 4.98 Å². The molecule has 1 aromatic carbocycles. The van der Waals surface area contributed by atoms with Crippen molar-refractivity contribution in [2.75, 3.05) is 0 Å². The highest BCUT2D eigenvalue weighted by atomic mass is 32.1. The lowest BCUT2D eigenvalue weighted by molar-refractivity contribution is 0.0891. The normalized spacial score (nSPS) is 15.5. The Labute approximate surface area is 100 Å². The van der Waals surface area contributed by atoms with Gasteiger partial charge in [-0.15, -0.1) is 11.3 Å². The molecule has 1 heterocycles. The van der Waals surface area contributed by atoms with Crippen molar-refractivity contribution < 1.29 is 9.59 Å². The van der Waals surface area contributed by atoms with Crippen LogP contribution in [0.25, 0.3) is 10.2 Å². The first-order valence-electron chi connectivity index (χ1n) is 4.89. The molecule has 0 radical (unpaired) electrons. The van der Waals surface area contributed by atoms with E-state index in [1.54, 1.807) is 6.07 Å². The fraction of sp³-hybridized carbons (Fsp3) is 0.182. The van der Waals surface area contributed by atoms with E-state index in [0.717, 1.165) is 10.2 Å². The maximum atomic E-state index is 11.9. The molecule has 0 unspecified atom stereocenters. The standard InChI is InChI=1S/C11H7NO2S2/c13-6-2-3-7(14)9-5(6)1-4-8-10(9)12-11(15)16-8/h1,4H,2-3H2,(H,12,15). The van der Waals surface area contributed by atoms with Gasteiger partial charge in [-0.1, -0.05) is 0 Å². The predicted molar refractivity (Wildman–Crippen MR) is 64.9 cm³/mol. The molecule has 5 heteroatoms. The number of thiazole rings is 1. The molecule has 0 amide bonds. The number of carbonyl (C=O) groups excluding carboxylic acids is 2. The number of fused-ring (bicyclic) bond motifs is 3. The van der Waals surface area contributed by atoms with Crippen LogP contribution in [-0.2, 0) is 0 Å². The van der Waals surface area contributed by atoms with Crippen molar-refractivity contribution in [1.82, 2.24) is 4.98 Å². The van der Waals surface area contributed by atoms with Crippen molar-refractivity contribution >= 4 is 45.3 Å².